The van der Waals surface area contributed by atoms with Gasteiger partial charge in [0.2, 0.25) is 0 Å². The van der Waals surface area contributed by atoms with E-state index < -0.39 is 0 Å². The van der Waals surface area contributed by atoms with Crippen molar-refractivity contribution < 1.29 is 0 Å². The summed E-state index contributed by atoms with van der Waals surface area (Å²) in [6, 6.07) is 6.54. The fourth-order valence-electron chi connectivity index (χ4n) is 4.20. The van der Waals surface area contributed by atoms with Crippen LogP contribution >= 0.6 is 23.2 Å². The lowest BCUT2D eigenvalue weighted by Gasteiger charge is -2.37. The molecule has 0 amide bonds. The van der Waals surface area contributed by atoms with Gasteiger partial charge in [-0.3, -0.25) is 5.41 Å². The molecule has 2 unspecified atom stereocenters. The van der Waals surface area contributed by atoms with E-state index in [9.17, 15) is 0 Å². The molecule has 3 rings (SSSR count). The minimum Gasteiger partial charge on any atom is -0.398 e. The number of amidine groups is 1. The Morgan fingerprint density at radius 3 is 2.56 bits per heavy atom. The van der Waals surface area contributed by atoms with Crippen LogP contribution in [0.2, 0.25) is 10.0 Å². The number of rotatable bonds is 4. The van der Waals surface area contributed by atoms with Gasteiger partial charge in [-0.05, 0) is 49.3 Å². The number of halogens is 2. The highest BCUT2D eigenvalue weighted by Gasteiger charge is 2.25. The number of hydrogen-bond acceptors (Lipinski definition) is 3. The molecule has 6 heteroatoms. The molecule has 1 aliphatic heterocycles. The quantitative estimate of drug-likeness (QED) is 0.489. The summed E-state index contributed by atoms with van der Waals surface area (Å²) in [4.78, 5) is 2.10. The number of nitrogens with two attached hydrogens (primary N) is 1. The zero-order valence-corrected chi connectivity index (χ0v) is 17.5. The van der Waals surface area contributed by atoms with Gasteiger partial charge >= 0.3 is 0 Å². The summed E-state index contributed by atoms with van der Waals surface area (Å²) >= 11 is 12.0. The van der Waals surface area contributed by atoms with E-state index in [4.69, 9.17) is 34.3 Å². The van der Waals surface area contributed by atoms with E-state index >= 15 is 0 Å². The Balaban J connectivity index is 1.51. The van der Waals surface area contributed by atoms with Crippen molar-refractivity contribution >= 4 is 34.7 Å². The number of piperidine rings is 1. The third-order valence-corrected chi connectivity index (χ3v) is 6.53. The monoisotopic (exact) mass is 408 g/mol. The predicted octanol–water partition coefficient (Wildman–Crippen LogP) is 4.90. The van der Waals surface area contributed by atoms with Crippen molar-refractivity contribution in [1.82, 2.24) is 10.2 Å². The van der Waals surface area contributed by atoms with Gasteiger partial charge in [0.25, 0.3) is 0 Å². The summed E-state index contributed by atoms with van der Waals surface area (Å²) in [6.45, 7) is 4.15. The maximum atomic E-state index is 8.39. The number of nitrogens with zero attached hydrogens (tertiary/aromatic N) is 1. The molecule has 1 saturated heterocycles. The molecule has 27 heavy (non-hydrogen) atoms. The summed E-state index contributed by atoms with van der Waals surface area (Å²) in [5, 5.41) is 13.2. The molecule has 1 heterocycles. The highest BCUT2D eigenvalue weighted by molar-refractivity contribution is 6.42. The number of likely N-dealkylation sites (tertiary alicyclic amines) is 1. The largest absolute Gasteiger partial charge is 0.398 e. The van der Waals surface area contributed by atoms with Crippen LogP contribution in [-0.2, 0) is 0 Å². The van der Waals surface area contributed by atoms with Crippen LogP contribution in [0.1, 0.15) is 51.0 Å². The van der Waals surface area contributed by atoms with Crippen molar-refractivity contribution in [2.24, 2.45) is 11.7 Å². The van der Waals surface area contributed by atoms with Crippen LogP contribution in [0.25, 0.3) is 5.70 Å². The lowest BCUT2D eigenvalue weighted by Crippen LogP contribution is -2.48. The molecule has 1 aromatic rings. The van der Waals surface area contributed by atoms with Gasteiger partial charge in [-0.1, -0.05) is 49.0 Å². The van der Waals surface area contributed by atoms with Gasteiger partial charge in [0.15, 0.2) is 0 Å². The molecule has 0 radical (unpaired) electrons. The van der Waals surface area contributed by atoms with Crippen LogP contribution < -0.4 is 11.1 Å². The molecule has 4 nitrogen and oxygen atoms in total. The number of nitrogens with one attached hydrogen (secondary N) is 2. The third-order valence-electron chi connectivity index (χ3n) is 5.79. The topological polar surface area (TPSA) is 65.1 Å². The van der Waals surface area contributed by atoms with Crippen LogP contribution in [0.3, 0.4) is 0 Å². The first-order valence-corrected chi connectivity index (χ1v) is 10.7. The van der Waals surface area contributed by atoms with Gasteiger partial charge in [0.1, 0.15) is 5.84 Å². The van der Waals surface area contributed by atoms with Crippen LogP contribution in [0.15, 0.2) is 24.3 Å². The molecule has 2 aliphatic rings. The Kier molecular flexibility index (Phi) is 7.07. The average Bonchev–Trinajstić information content (AvgIpc) is 2.64. The van der Waals surface area contributed by atoms with E-state index in [1.165, 1.54) is 25.7 Å². The summed E-state index contributed by atoms with van der Waals surface area (Å²) < 4.78 is 0. The van der Waals surface area contributed by atoms with Gasteiger partial charge < -0.3 is 16.0 Å². The third kappa shape index (κ3) is 5.63. The molecular formula is C21H30Cl2N4. The summed E-state index contributed by atoms with van der Waals surface area (Å²) in [5.41, 5.74) is 7.49. The standard InChI is InChI=1S/C21H30Cl2N4/c1-14-3-2-4-17(11-14)26-16-7-9-27(10-8-16)21(25)13-20(24)15-5-6-18(22)19(23)12-15/h5-6,12-14,16-17,25-26H,2-4,7-11,24H2,1H3/b20-13-,25-21?. The zero-order chi connectivity index (χ0) is 19.4. The first kappa shape index (κ1) is 20.5. The van der Waals surface area contributed by atoms with Crippen molar-refractivity contribution in [3.8, 4) is 0 Å². The fourth-order valence-corrected chi connectivity index (χ4v) is 4.50. The maximum absolute atomic E-state index is 8.39. The minimum atomic E-state index is 0.461. The molecule has 2 fully saturated rings. The second-order valence-electron chi connectivity index (χ2n) is 8.01. The summed E-state index contributed by atoms with van der Waals surface area (Å²) in [6.07, 6.45) is 9.21. The van der Waals surface area contributed by atoms with Gasteiger partial charge in [0, 0.05) is 36.9 Å². The fraction of sp³-hybridized carbons (Fsp3) is 0.571. The molecule has 1 aliphatic carbocycles. The van der Waals surface area contributed by atoms with Gasteiger partial charge in [-0.25, -0.2) is 0 Å². The lowest BCUT2D eigenvalue weighted by atomic mass is 9.86. The van der Waals surface area contributed by atoms with Gasteiger partial charge in [-0.15, -0.1) is 0 Å². The highest BCUT2D eigenvalue weighted by atomic mass is 35.5. The van der Waals surface area contributed by atoms with Crippen molar-refractivity contribution in [2.75, 3.05) is 13.1 Å². The molecule has 0 spiro atoms. The van der Waals surface area contributed by atoms with Crippen LogP contribution in [-0.4, -0.2) is 35.9 Å². The van der Waals surface area contributed by atoms with Crippen LogP contribution in [0.4, 0.5) is 0 Å². The van der Waals surface area contributed by atoms with Crippen LogP contribution in [0, 0.1) is 11.3 Å². The van der Waals surface area contributed by atoms with Crippen molar-refractivity contribution in [3.05, 3.63) is 39.9 Å². The van der Waals surface area contributed by atoms with E-state index in [0.717, 1.165) is 37.4 Å². The Hall–Kier alpha value is -1.23. The average molecular weight is 409 g/mol. The second kappa shape index (κ2) is 9.31. The van der Waals surface area contributed by atoms with E-state index in [0.29, 0.717) is 33.7 Å². The van der Waals surface area contributed by atoms with Crippen molar-refractivity contribution in [3.63, 3.8) is 0 Å². The van der Waals surface area contributed by atoms with E-state index in [1.54, 1.807) is 18.2 Å². The second-order valence-corrected chi connectivity index (χ2v) is 8.82. The molecule has 148 valence electrons. The normalized spacial score (nSPS) is 24.9. The van der Waals surface area contributed by atoms with E-state index in [1.807, 2.05) is 6.07 Å². The number of hydrogen-bond donors (Lipinski definition) is 3. The van der Waals surface area contributed by atoms with Crippen molar-refractivity contribution in [1.29, 1.82) is 5.41 Å². The zero-order valence-electron chi connectivity index (χ0n) is 16.0. The molecule has 4 N–H and O–H groups in total. The van der Waals surface area contributed by atoms with Gasteiger partial charge in [-0.2, -0.15) is 0 Å². The first-order valence-electron chi connectivity index (χ1n) is 9.94. The number of benzene rings is 1. The Bertz CT molecular complexity index is 695. The molecule has 2 atom stereocenters. The molecule has 0 bridgehead atoms. The lowest BCUT2D eigenvalue weighted by molar-refractivity contribution is 0.228. The van der Waals surface area contributed by atoms with Crippen molar-refractivity contribution in [2.45, 2.75) is 57.5 Å². The van der Waals surface area contributed by atoms with E-state index in [-0.39, 0.29) is 0 Å². The van der Waals surface area contributed by atoms with Gasteiger partial charge in [0.05, 0.1) is 10.0 Å². The summed E-state index contributed by atoms with van der Waals surface area (Å²) in [7, 11) is 0. The molecular weight excluding hydrogens is 379 g/mol. The van der Waals surface area contributed by atoms with Crippen LogP contribution in [0.5, 0.6) is 0 Å². The Morgan fingerprint density at radius 2 is 1.89 bits per heavy atom. The maximum Gasteiger partial charge on any atom is 0.122 e. The molecule has 0 aromatic heterocycles. The minimum absolute atomic E-state index is 0.461. The molecule has 1 aromatic carbocycles. The molecule has 1 saturated carbocycles. The van der Waals surface area contributed by atoms with E-state index in [2.05, 4.69) is 17.1 Å². The SMILES string of the molecule is CC1CCCC(NC2CCN(C(=N)/C=C(\N)c3ccc(Cl)c(Cl)c3)CC2)C1. The predicted molar refractivity (Wildman–Crippen MR) is 116 cm³/mol. The summed E-state index contributed by atoms with van der Waals surface area (Å²) in [5.74, 6) is 1.31. The Morgan fingerprint density at radius 1 is 1.15 bits per heavy atom. The smallest absolute Gasteiger partial charge is 0.122 e. The first-order chi connectivity index (χ1) is 12.9. The Labute approximate surface area is 172 Å². The highest BCUT2D eigenvalue weighted by Crippen LogP contribution is 2.26.